The number of fused-ring (bicyclic) bond motifs is 6. The number of aromatic nitrogens is 3. The minimum atomic E-state index is 0.700. The highest BCUT2D eigenvalue weighted by Crippen LogP contribution is 2.40. The largest absolute Gasteiger partial charge is 0.456 e. The molecular formula is C52H33N3O. The first-order valence-electron chi connectivity index (χ1n) is 18.9. The van der Waals surface area contributed by atoms with E-state index in [0.717, 1.165) is 77.9 Å². The van der Waals surface area contributed by atoms with E-state index in [2.05, 4.69) is 168 Å². The van der Waals surface area contributed by atoms with Gasteiger partial charge in [-0.05, 0) is 70.8 Å². The lowest BCUT2D eigenvalue weighted by Crippen LogP contribution is -1.96. The maximum atomic E-state index is 6.18. The first-order valence-corrected chi connectivity index (χ1v) is 18.9. The second kappa shape index (κ2) is 13.1. The molecule has 0 fully saturated rings. The van der Waals surface area contributed by atoms with E-state index in [4.69, 9.17) is 14.4 Å². The molecule has 0 unspecified atom stereocenters. The van der Waals surface area contributed by atoms with E-state index < -0.39 is 0 Å². The summed E-state index contributed by atoms with van der Waals surface area (Å²) in [5.41, 5.74) is 14.7. The van der Waals surface area contributed by atoms with Crippen LogP contribution < -0.4 is 0 Å². The average molecular weight is 716 g/mol. The summed E-state index contributed by atoms with van der Waals surface area (Å²) in [7, 11) is 0. The molecule has 11 aromatic rings. The third-order valence-corrected chi connectivity index (χ3v) is 10.8. The zero-order valence-electron chi connectivity index (χ0n) is 30.3. The van der Waals surface area contributed by atoms with E-state index in [0.29, 0.717) is 5.82 Å². The van der Waals surface area contributed by atoms with Crippen molar-refractivity contribution in [2.24, 2.45) is 0 Å². The average Bonchev–Trinajstić information content (AvgIpc) is 3.82. The maximum absolute atomic E-state index is 6.18. The van der Waals surface area contributed by atoms with Gasteiger partial charge in [-0.3, -0.25) is 0 Å². The van der Waals surface area contributed by atoms with Crippen molar-refractivity contribution in [3.05, 3.63) is 200 Å². The molecule has 3 heterocycles. The Labute approximate surface area is 323 Å². The number of nitrogens with zero attached hydrogens (tertiary/aromatic N) is 3. The van der Waals surface area contributed by atoms with E-state index in [1.54, 1.807) is 0 Å². The molecule has 4 heteroatoms. The second-order valence-corrected chi connectivity index (χ2v) is 14.2. The number of rotatable bonds is 6. The molecule has 0 aliphatic carbocycles. The van der Waals surface area contributed by atoms with Crippen LogP contribution >= 0.6 is 0 Å². The highest BCUT2D eigenvalue weighted by molar-refractivity contribution is 6.16. The van der Waals surface area contributed by atoms with E-state index in [-0.39, 0.29) is 0 Å². The Hall–Kier alpha value is -7.56. The van der Waals surface area contributed by atoms with Gasteiger partial charge in [-0.15, -0.1) is 0 Å². The van der Waals surface area contributed by atoms with Crippen LogP contribution in [-0.2, 0) is 0 Å². The van der Waals surface area contributed by atoms with Gasteiger partial charge in [0.1, 0.15) is 11.2 Å². The summed E-state index contributed by atoms with van der Waals surface area (Å²) in [6.45, 7) is 0. The molecule has 0 saturated heterocycles. The number of benzene rings is 8. The summed E-state index contributed by atoms with van der Waals surface area (Å²) in [6.07, 6.45) is 0. The number of hydrogen-bond acceptors (Lipinski definition) is 3. The second-order valence-electron chi connectivity index (χ2n) is 14.2. The highest BCUT2D eigenvalue weighted by Gasteiger charge is 2.18. The fraction of sp³-hybridized carbons (Fsp3) is 0. The summed E-state index contributed by atoms with van der Waals surface area (Å²) in [5, 5.41) is 4.67. The summed E-state index contributed by atoms with van der Waals surface area (Å²) in [6, 6.07) is 70.3. The van der Waals surface area contributed by atoms with Crippen molar-refractivity contribution in [1.82, 2.24) is 14.5 Å². The van der Waals surface area contributed by atoms with Gasteiger partial charge >= 0.3 is 0 Å². The van der Waals surface area contributed by atoms with Gasteiger partial charge < -0.3 is 8.98 Å². The normalized spacial score (nSPS) is 11.6. The summed E-state index contributed by atoms with van der Waals surface area (Å²) < 4.78 is 8.56. The fourth-order valence-electron chi connectivity index (χ4n) is 8.16. The van der Waals surface area contributed by atoms with Crippen LogP contribution in [0.4, 0.5) is 0 Å². The first kappa shape index (κ1) is 31.9. The quantitative estimate of drug-likeness (QED) is 0.172. The molecule has 0 amide bonds. The lowest BCUT2D eigenvalue weighted by Gasteiger charge is -2.12. The molecule has 0 saturated carbocycles. The third kappa shape index (κ3) is 5.39. The topological polar surface area (TPSA) is 43.9 Å². The first-order chi connectivity index (χ1) is 27.7. The Morgan fingerprint density at radius 1 is 0.357 bits per heavy atom. The molecule has 4 nitrogen and oxygen atoms in total. The fourth-order valence-corrected chi connectivity index (χ4v) is 8.16. The molecule has 0 aliphatic rings. The van der Waals surface area contributed by atoms with Gasteiger partial charge in [0.2, 0.25) is 0 Å². The molecule has 8 aromatic carbocycles. The van der Waals surface area contributed by atoms with Gasteiger partial charge in [0, 0.05) is 43.9 Å². The smallest absolute Gasteiger partial charge is 0.160 e. The minimum absolute atomic E-state index is 0.700. The standard InChI is InChI=1S/C52H33N3O/c1-3-13-34(14-4-1)38-17-11-18-39(31-38)46-33-45(53-52(54-46)37-15-5-2-6-16-37)36-27-25-35(26-28-36)41-21-12-23-48-51(41)43-20-7-9-22-47(43)55(48)40-29-30-50-44(32-40)42-19-8-10-24-49(42)56-50/h1-33H. The Morgan fingerprint density at radius 3 is 1.79 bits per heavy atom. The van der Waals surface area contributed by atoms with Crippen molar-refractivity contribution in [3.63, 3.8) is 0 Å². The van der Waals surface area contributed by atoms with Gasteiger partial charge in [-0.2, -0.15) is 0 Å². The molecule has 0 spiro atoms. The molecule has 0 atom stereocenters. The van der Waals surface area contributed by atoms with Gasteiger partial charge in [-0.1, -0.05) is 152 Å². The lowest BCUT2D eigenvalue weighted by molar-refractivity contribution is 0.669. The summed E-state index contributed by atoms with van der Waals surface area (Å²) >= 11 is 0. The number of hydrogen-bond donors (Lipinski definition) is 0. The third-order valence-electron chi connectivity index (χ3n) is 10.8. The Bertz CT molecular complexity index is 3230. The SMILES string of the molecule is c1ccc(-c2cccc(-c3cc(-c4ccc(-c5cccc6c5c5ccccc5n6-c5ccc6oc7ccccc7c6c5)cc4)nc(-c4ccccc4)n3)c2)cc1. The molecule has 11 rings (SSSR count). The van der Waals surface area contributed by atoms with Crippen LogP contribution in [0, 0.1) is 0 Å². The number of para-hydroxylation sites is 2. The predicted octanol–water partition coefficient (Wildman–Crippen LogP) is 13.8. The molecule has 0 N–H and O–H groups in total. The lowest BCUT2D eigenvalue weighted by atomic mass is 9.97. The van der Waals surface area contributed by atoms with Crippen LogP contribution in [0.1, 0.15) is 0 Å². The van der Waals surface area contributed by atoms with Crippen LogP contribution in [0.25, 0.3) is 106 Å². The molecule has 0 bridgehead atoms. The minimum Gasteiger partial charge on any atom is -0.456 e. The van der Waals surface area contributed by atoms with E-state index in [9.17, 15) is 0 Å². The zero-order chi connectivity index (χ0) is 37.0. The van der Waals surface area contributed by atoms with E-state index in [1.165, 1.54) is 21.9 Å². The molecule has 3 aromatic heterocycles. The summed E-state index contributed by atoms with van der Waals surface area (Å²) in [4.78, 5) is 10.2. The number of furan rings is 1. The van der Waals surface area contributed by atoms with Crippen LogP contribution in [0.5, 0.6) is 0 Å². The highest BCUT2D eigenvalue weighted by atomic mass is 16.3. The Morgan fingerprint density at radius 2 is 0.964 bits per heavy atom. The Balaban J connectivity index is 1.03. The Kier molecular flexibility index (Phi) is 7.46. The van der Waals surface area contributed by atoms with Crippen molar-refractivity contribution >= 4 is 43.7 Å². The van der Waals surface area contributed by atoms with Crippen molar-refractivity contribution < 1.29 is 4.42 Å². The van der Waals surface area contributed by atoms with Gasteiger partial charge in [0.25, 0.3) is 0 Å². The van der Waals surface area contributed by atoms with E-state index in [1.807, 2.05) is 36.4 Å². The van der Waals surface area contributed by atoms with Crippen molar-refractivity contribution in [1.29, 1.82) is 0 Å². The van der Waals surface area contributed by atoms with Crippen molar-refractivity contribution in [2.45, 2.75) is 0 Å². The van der Waals surface area contributed by atoms with Gasteiger partial charge in [0.05, 0.1) is 22.4 Å². The van der Waals surface area contributed by atoms with Gasteiger partial charge in [-0.25, -0.2) is 9.97 Å². The van der Waals surface area contributed by atoms with E-state index >= 15 is 0 Å². The predicted molar refractivity (Wildman–Crippen MR) is 231 cm³/mol. The van der Waals surface area contributed by atoms with Crippen molar-refractivity contribution in [2.75, 3.05) is 0 Å². The van der Waals surface area contributed by atoms with Crippen molar-refractivity contribution in [3.8, 4) is 61.8 Å². The zero-order valence-corrected chi connectivity index (χ0v) is 30.3. The van der Waals surface area contributed by atoms with Gasteiger partial charge in [0.15, 0.2) is 5.82 Å². The van der Waals surface area contributed by atoms with Crippen LogP contribution in [0.15, 0.2) is 205 Å². The van der Waals surface area contributed by atoms with Crippen LogP contribution in [0.2, 0.25) is 0 Å². The summed E-state index contributed by atoms with van der Waals surface area (Å²) in [5.74, 6) is 0.700. The maximum Gasteiger partial charge on any atom is 0.160 e. The van der Waals surface area contributed by atoms with Crippen LogP contribution in [0.3, 0.4) is 0 Å². The molecule has 0 aliphatic heterocycles. The molecular weight excluding hydrogens is 683 g/mol. The molecule has 262 valence electrons. The molecule has 56 heavy (non-hydrogen) atoms. The molecule has 0 radical (unpaired) electrons. The van der Waals surface area contributed by atoms with Crippen LogP contribution in [-0.4, -0.2) is 14.5 Å². The monoisotopic (exact) mass is 715 g/mol.